The van der Waals surface area contributed by atoms with Crippen LogP contribution < -0.4 is 50.4 Å². The van der Waals surface area contributed by atoms with Crippen LogP contribution in [0.1, 0.15) is 95.1 Å². The second kappa shape index (κ2) is 37.1. The zero-order valence-corrected chi connectivity index (χ0v) is 71.7. The third-order valence-corrected chi connectivity index (χ3v) is 33.3. The Morgan fingerprint density at radius 3 is 1.52 bits per heavy atom. The van der Waals surface area contributed by atoms with E-state index in [1.165, 1.54) is 25.5 Å². The van der Waals surface area contributed by atoms with Gasteiger partial charge in [-0.2, -0.15) is 12.9 Å². The number of para-hydroxylation sites is 2. The Kier molecular flexibility index (Phi) is 26.9. The summed E-state index contributed by atoms with van der Waals surface area (Å²) in [4.78, 5) is 15.5. The topological polar surface area (TPSA) is 316 Å². The summed E-state index contributed by atoms with van der Waals surface area (Å²) in [5.74, 6) is 2.84. The van der Waals surface area contributed by atoms with Crippen LogP contribution in [0.2, 0.25) is 0 Å². The summed E-state index contributed by atoms with van der Waals surface area (Å²) in [6.45, 7) is 14.1. The molecule has 19 rings (SSSR count). The smallest absolute Gasteiger partial charge is 0.321 e. The van der Waals surface area contributed by atoms with Crippen LogP contribution in [0.5, 0.6) is 23.0 Å². The highest BCUT2D eigenvalue weighted by Crippen LogP contribution is 2.47. The van der Waals surface area contributed by atoms with E-state index in [-0.39, 0.29) is 50.7 Å². The molecule has 10 aliphatic heterocycles. The van der Waals surface area contributed by atoms with E-state index in [9.17, 15) is 38.5 Å². The second-order valence-corrected chi connectivity index (χ2v) is 39.9. The summed E-state index contributed by atoms with van der Waals surface area (Å²) in [5.41, 5.74) is 1.95. The lowest BCUT2D eigenvalue weighted by molar-refractivity contribution is -0.120. The number of carbonyl (C=O) groups excluding carboxylic acids is 1. The van der Waals surface area contributed by atoms with Crippen molar-refractivity contribution < 1.29 is 76.4 Å². The fraction of sp³-hybridized carbons (Fsp3) is 0.477. The van der Waals surface area contributed by atoms with Gasteiger partial charge < -0.3 is 48.1 Å². The summed E-state index contributed by atoms with van der Waals surface area (Å²) >= 11 is 1.48. The molecule has 1 aromatic heterocycles. The van der Waals surface area contributed by atoms with E-state index in [1.54, 1.807) is 101 Å². The average molecular weight is 1730 g/mol. The first-order valence-corrected chi connectivity index (χ1v) is 48.0. The number of carbonyl (C=O) groups is 1. The maximum atomic E-state index is 13.3. The van der Waals surface area contributed by atoms with Crippen molar-refractivity contribution in [2.45, 2.75) is 145 Å². The second-order valence-electron chi connectivity index (χ2n) is 31.4. The van der Waals surface area contributed by atoms with Crippen molar-refractivity contribution in [2.75, 3.05) is 142 Å². The van der Waals surface area contributed by atoms with Crippen molar-refractivity contribution in [3.8, 4) is 23.0 Å². The SMILES string of the molecule is CCc1ccc(NC(=O)N2CCC3(CC2)NCCO3)cc1.COc1ccc(S(=O)(=O)N2CCC3(NCCO3)C3CCCCC32)cc1.COc1ccc(S(=O)(=O)N2CCC3(NCCO3)c3ccccc32)cc1.O=S(=O)(c1ccc(Oc2ccccc2)cc1)N1CCC2(CC1)NCCO2.O=S(=O)(c1csc2ccccc12)N1CCC2(CC1)NCCO2. The molecule has 640 valence electrons. The molecule has 9 saturated heterocycles. The van der Waals surface area contributed by atoms with Crippen molar-refractivity contribution in [3.05, 3.63) is 192 Å². The van der Waals surface area contributed by atoms with E-state index in [4.69, 9.17) is 37.9 Å². The van der Waals surface area contributed by atoms with Gasteiger partial charge in [0.05, 0.1) is 67.6 Å². The van der Waals surface area contributed by atoms with Crippen LogP contribution in [0.4, 0.5) is 16.2 Å². The predicted molar refractivity (Wildman–Crippen MR) is 455 cm³/mol. The van der Waals surface area contributed by atoms with Gasteiger partial charge in [-0.15, -0.1) is 11.3 Å². The molecule has 1 aliphatic carbocycles. The Morgan fingerprint density at radius 1 is 0.471 bits per heavy atom. The number of thiophene rings is 1. The van der Waals surface area contributed by atoms with Crippen LogP contribution in [-0.4, -0.2) is 219 Å². The molecule has 10 fully saturated rings. The van der Waals surface area contributed by atoms with E-state index in [1.807, 2.05) is 95.9 Å². The van der Waals surface area contributed by atoms with Crippen molar-refractivity contribution >= 4 is 78.9 Å². The Hall–Kier alpha value is -7.75. The highest BCUT2D eigenvalue weighted by Gasteiger charge is 2.55. The molecule has 0 radical (unpaired) electrons. The number of nitrogens with one attached hydrogen (secondary N) is 6. The van der Waals surface area contributed by atoms with Gasteiger partial charge in [0.15, 0.2) is 0 Å². The van der Waals surface area contributed by atoms with Crippen molar-refractivity contribution in [2.24, 2.45) is 5.92 Å². The summed E-state index contributed by atoms with van der Waals surface area (Å²) in [5, 5.41) is 22.6. The molecule has 8 aromatic rings. The maximum Gasteiger partial charge on any atom is 0.321 e. The average Bonchev–Trinajstić information content (AvgIpc) is 1.73. The summed E-state index contributed by atoms with van der Waals surface area (Å²) in [7, 11) is -11.0. The summed E-state index contributed by atoms with van der Waals surface area (Å²) in [6.07, 6.45) is 10.9. The number of nitrogens with zero attached hydrogens (tertiary/aromatic N) is 5. The predicted octanol–water partition coefficient (Wildman–Crippen LogP) is 10.8. The maximum absolute atomic E-state index is 13.3. The summed E-state index contributed by atoms with van der Waals surface area (Å²) in [6, 6.07) is 52.3. The number of urea groups is 1. The van der Waals surface area contributed by atoms with Crippen molar-refractivity contribution in [3.63, 3.8) is 0 Å². The molecule has 4 unspecified atom stereocenters. The first kappa shape index (κ1) is 86.2. The van der Waals surface area contributed by atoms with E-state index in [0.717, 1.165) is 119 Å². The van der Waals surface area contributed by atoms with Crippen LogP contribution in [0.25, 0.3) is 10.1 Å². The Bertz CT molecular complexity index is 5200. The van der Waals surface area contributed by atoms with E-state index in [0.29, 0.717) is 143 Å². The molecule has 0 bridgehead atoms. The third-order valence-electron chi connectivity index (χ3n) is 24.6. The summed E-state index contributed by atoms with van der Waals surface area (Å²) < 4.78 is 157. The Labute approximate surface area is 703 Å². The van der Waals surface area contributed by atoms with E-state index in [2.05, 4.69) is 51.0 Å². The molecule has 7 aromatic carbocycles. The molecule has 1 saturated carbocycles. The zero-order valence-electron chi connectivity index (χ0n) is 67.6. The van der Waals surface area contributed by atoms with Gasteiger partial charge in [0, 0.05) is 175 Å². The van der Waals surface area contributed by atoms with Crippen LogP contribution >= 0.6 is 11.3 Å². The van der Waals surface area contributed by atoms with Gasteiger partial charge in [-0.1, -0.05) is 86.5 Å². The largest absolute Gasteiger partial charge is 0.497 e. The number of amides is 2. The lowest BCUT2D eigenvalue weighted by Crippen LogP contribution is -2.64. The number of likely N-dealkylation sites (tertiary alicyclic amines) is 1. The first-order chi connectivity index (χ1) is 57.5. The number of hydrogen-bond acceptors (Lipinski definition) is 23. The number of benzene rings is 7. The van der Waals surface area contributed by atoms with Gasteiger partial charge in [0.2, 0.25) is 30.1 Å². The normalized spacial score (nSPS) is 24.1. The monoisotopic (exact) mass is 1730 g/mol. The minimum absolute atomic E-state index is 0.0141. The molecule has 6 N–H and O–H groups in total. The van der Waals surface area contributed by atoms with Crippen LogP contribution in [0.15, 0.2) is 201 Å². The Morgan fingerprint density at radius 2 is 0.966 bits per heavy atom. The lowest BCUT2D eigenvalue weighted by Gasteiger charge is -2.51. The fourth-order valence-corrected chi connectivity index (χ4v) is 25.5. The van der Waals surface area contributed by atoms with Crippen LogP contribution in [0.3, 0.4) is 0 Å². The van der Waals surface area contributed by atoms with Gasteiger partial charge >= 0.3 is 6.03 Å². The molecule has 33 heteroatoms. The number of sulfonamides is 4. The molecule has 119 heavy (non-hydrogen) atoms. The fourth-order valence-electron chi connectivity index (χ4n) is 18.0. The van der Waals surface area contributed by atoms with Gasteiger partial charge in [0.25, 0.3) is 10.0 Å². The number of rotatable bonds is 14. The minimum Gasteiger partial charge on any atom is -0.497 e. The Balaban J connectivity index is 0.000000116. The third kappa shape index (κ3) is 18.9. The highest BCUT2D eigenvalue weighted by atomic mass is 32.2. The van der Waals surface area contributed by atoms with E-state index < -0.39 is 45.8 Å². The van der Waals surface area contributed by atoms with Gasteiger partial charge in [-0.25, -0.2) is 38.5 Å². The van der Waals surface area contributed by atoms with Gasteiger partial charge in [-0.3, -0.25) is 30.9 Å². The quantitative estimate of drug-likeness (QED) is 0.0589. The molecular formula is C86H109N11O17S5. The number of methoxy groups -OCH3 is 2. The zero-order chi connectivity index (χ0) is 82.9. The van der Waals surface area contributed by atoms with Crippen molar-refractivity contribution in [1.82, 2.24) is 44.4 Å². The number of piperidine rings is 4. The molecule has 28 nitrogen and oxygen atoms in total. The molecule has 4 atom stereocenters. The van der Waals surface area contributed by atoms with E-state index >= 15 is 0 Å². The van der Waals surface area contributed by atoms with Gasteiger partial charge in [-0.05, 0) is 134 Å². The molecule has 11 heterocycles. The van der Waals surface area contributed by atoms with Crippen LogP contribution in [-0.2, 0) is 75.9 Å². The number of hydrogen-bond donors (Lipinski definition) is 6. The molecule has 5 spiro atoms. The van der Waals surface area contributed by atoms with Gasteiger partial charge in [0.1, 0.15) is 56.5 Å². The number of ether oxygens (including phenoxy) is 8. The molecule has 2 amide bonds. The first-order valence-electron chi connectivity index (χ1n) is 41.3. The van der Waals surface area contributed by atoms with Crippen LogP contribution in [0, 0.1) is 5.92 Å². The highest BCUT2D eigenvalue weighted by molar-refractivity contribution is 7.93. The number of anilines is 2. The number of fused-ring (bicyclic) bond motifs is 5. The standard InChI is InChI=1S/C19H22N2O4S.C18H26N2O4S.C18H20N2O4S.C16H23N3O2.C15H18N2O3S2/c22-26(23,21-13-10-19(11-14-21)20-12-15-24-19)18-8-6-17(7-9-18)25-16-4-2-1-3-5-16;2*1-23-14-6-8-15(9-7-14)25(21,22)20-12-10-18(19-11-13-24-18)16-4-2-3-5-17(16)20;1-2-13-3-5-14(6-4-13)18-15(20)19-10-7-16(8-11-19)17-9-12-21-16;18-22(19,14-11-21-13-4-2-1-3-12(13)14)17-8-5-15(6-9-17)16-7-10-20-15/h1-9,20H,10-15H2;6-9,16-17,19H,2-5,10-13H2,1H3;2-9,19H,10-13H2,1H3;3-6,17H,2,7-12H2,1H3,(H,18,20);1-4,11,16H,5-10H2. The molecule has 11 aliphatic rings. The minimum atomic E-state index is -3.65. The number of aryl methyl sites for hydroxylation is 1. The lowest BCUT2D eigenvalue weighted by atomic mass is 9.74. The molecular weight excluding hydrogens is 1620 g/mol. The van der Waals surface area contributed by atoms with Crippen molar-refractivity contribution in [1.29, 1.82) is 0 Å².